The van der Waals surface area contributed by atoms with E-state index in [1.165, 1.54) is 36.4 Å². The SMILES string of the molecule is CCCCCCOc1ccc(OCc2ccc(C3=CCC(c4ccc(OCC)c(F)c4F)CC3)c(F)c2F)c(F)c1F. The van der Waals surface area contributed by atoms with Gasteiger partial charge in [-0.1, -0.05) is 50.5 Å². The number of halogens is 6. The van der Waals surface area contributed by atoms with Gasteiger partial charge in [0.1, 0.15) is 6.61 Å². The molecule has 0 fully saturated rings. The summed E-state index contributed by atoms with van der Waals surface area (Å²) in [4.78, 5) is 0. The third kappa shape index (κ3) is 7.05. The van der Waals surface area contributed by atoms with Crippen molar-refractivity contribution in [3.05, 3.63) is 94.1 Å². The number of hydrogen-bond acceptors (Lipinski definition) is 3. The molecule has 0 aliphatic heterocycles. The summed E-state index contributed by atoms with van der Waals surface area (Å²) in [6.45, 7) is 3.66. The van der Waals surface area contributed by atoms with Gasteiger partial charge in [-0.05, 0) is 67.9 Å². The molecule has 0 spiro atoms. The summed E-state index contributed by atoms with van der Waals surface area (Å²) in [6.07, 6.45) is 6.44. The van der Waals surface area contributed by atoms with Gasteiger partial charge in [-0.2, -0.15) is 13.2 Å². The van der Waals surface area contributed by atoms with Crippen molar-refractivity contribution < 1.29 is 40.6 Å². The Balaban J connectivity index is 1.40. The highest BCUT2D eigenvalue weighted by Gasteiger charge is 2.26. The molecule has 0 saturated carbocycles. The Hall–Kier alpha value is -3.62. The van der Waals surface area contributed by atoms with E-state index in [9.17, 15) is 22.0 Å². The molecule has 1 aliphatic rings. The molecule has 3 nitrogen and oxygen atoms in total. The van der Waals surface area contributed by atoms with Crippen LogP contribution in [0.1, 0.15) is 81.4 Å². The summed E-state index contributed by atoms with van der Waals surface area (Å²) in [5.41, 5.74) is 0.625. The van der Waals surface area contributed by atoms with Crippen LogP contribution in [0.5, 0.6) is 17.2 Å². The van der Waals surface area contributed by atoms with Crippen molar-refractivity contribution >= 4 is 5.57 Å². The third-order valence-corrected chi connectivity index (χ3v) is 7.39. The van der Waals surface area contributed by atoms with Crippen LogP contribution in [0.4, 0.5) is 26.3 Å². The molecule has 1 aliphatic carbocycles. The zero-order chi connectivity index (χ0) is 30.2. The van der Waals surface area contributed by atoms with Crippen molar-refractivity contribution in [1.29, 1.82) is 0 Å². The first-order valence-corrected chi connectivity index (χ1v) is 14.3. The molecular formula is C33H34F6O3. The quantitative estimate of drug-likeness (QED) is 0.146. The van der Waals surface area contributed by atoms with E-state index < -0.39 is 47.3 Å². The van der Waals surface area contributed by atoms with Crippen LogP contribution in [0, 0.1) is 34.9 Å². The fourth-order valence-corrected chi connectivity index (χ4v) is 5.04. The maximum Gasteiger partial charge on any atom is 0.204 e. The maximum atomic E-state index is 15.1. The second-order valence-electron chi connectivity index (χ2n) is 10.2. The number of ether oxygens (including phenoxy) is 3. The van der Waals surface area contributed by atoms with Gasteiger partial charge in [-0.3, -0.25) is 0 Å². The zero-order valence-electron chi connectivity index (χ0n) is 23.7. The number of allylic oxidation sites excluding steroid dienone is 2. The number of unbranched alkanes of at least 4 members (excludes halogenated alkanes) is 3. The van der Waals surface area contributed by atoms with Crippen LogP contribution in [-0.4, -0.2) is 13.2 Å². The summed E-state index contributed by atoms with van der Waals surface area (Å²) in [7, 11) is 0. The van der Waals surface area contributed by atoms with Gasteiger partial charge in [0.15, 0.2) is 34.7 Å². The van der Waals surface area contributed by atoms with Gasteiger partial charge in [-0.25, -0.2) is 13.2 Å². The van der Waals surface area contributed by atoms with Crippen LogP contribution in [0.25, 0.3) is 5.57 Å². The summed E-state index contributed by atoms with van der Waals surface area (Å²) in [5, 5.41) is 0. The predicted molar refractivity (Wildman–Crippen MR) is 149 cm³/mol. The van der Waals surface area contributed by atoms with Crippen molar-refractivity contribution in [2.75, 3.05) is 13.2 Å². The van der Waals surface area contributed by atoms with Crippen LogP contribution in [-0.2, 0) is 6.61 Å². The van der Waals surface area contributed by atoms with Crippen molar-refractivity contribution in [2.24, 2.45) is 0 Å². The molecule has 0 bridgehead atoms. The molecule has 4 rings (SSSR count). The minimum atomic E-state index is -1.27. The minimum absolute atomic E-state index is 0.0470. The van der Waals surface area contributed by atoms with E-state index in [0.717, 1.165) is 19.3 Å². The molecule has 0 amide bonds. The zero-order valence-corrected chi connectivity index (χ0v) is 23.7. The first kappa shape index (κ1) is 31.3. The Morgan fingerprint density at radius 3 is 2.00 bits per heavy atom. The Bertz CT molecular complexity index is 1420. The van der Waals surface area contributed by atoms with Crippen LogP contribution >= 0.6 is 0 Å². The lowest BCUT2D eigenvalue weighted by atomic mass is 9.82. The van der Waals surface area contributed by atoms with Crippen molar-refractivity contribution in [1.82, 2.24) is 0 Å². The largest absolute Gasteiger partial charge is 0.491 e. The van der Waals surface area contributed by atoms with Gasteiger partial charge in [-0.15, -0.1) is 0 Å². The molecule has 0 radical (unpaired) electrons. The summed E-state index contributed by atoms with van der Waals surface area (Å²) >= 11 is 0. The molecule has 9 heteroatoms. The number of rotatable bonds is 13. The Kier molecular flexibility index (Phi) is 10.8. The summed E-state index contributed by atoms with van der Waals surface area (Å²) in [6, 6.07) is 8.03. The van der Waals surface area contributed by atoms with Gasteiger partial charge in [0.25, 0.3) is 0 Å². The molecule has 0 N–H and O–H groups in total. The van der Waals surface area contributed by atoms with E-state index in [1.54, 1.807) is 13.0 Å². The van der Waals surface area contributed by atoms with Crippen LogP contribution in [0.15, 0.2) is 42.5 Å². The maximum absolute atomic E-state index is 15.1. The molecule has 0 saturated heterocycles. The average molecular weight is 593 g/mol. The van der Waals surface area contributed by atoms with E-state index in [4.69, 9.17) is 14.2 Å². The van der Waals surface area contributed by atoms with E-state index >= 15 is 4.39 Å². The topological polar surface area (TPSA) is 27.7 Å². The van der Waals surface area contributed by atoms with E-state index in [-0.39, 0.29) is 47.3 Å². The van der Waals surface area contributed by atoms with Gasteiger partial charge >= 0.3 is 0 Å². The lowest BCUT2D eigenvalue weighted by molar-refractivity contribution is 0.262. The Labute approximate surface area is 242 Å². The monoisotopic (exact) mass is 592 g/mol. The molecule has 42 heavy (non-hydrogen) atoms. The molecular weight excluding hydrogens is 558 g/mol. The fraction of sp³-hybridized carbons (Fsp3) is 0.394. The van der Waals surface area contributed by atoms with E-state index in [0.29, 0.717) is 31.3 Å². The first-order chi connectivity index (χ1) is 20.3. The lowest BCUT2D eigenvalue weighted by Crippen LogP contribution is -2.10. The first-order valence-electron chi connectivity index (χ1n) is 14.3. The van der Waals surface area contributed by atoms with E-state index in [2.05, 4.69) is 6.92 Å². The minimum Gasteiger partial charge on any atom is -0.491 e. The number of hydrogen-bond donors (Lipinski definition) is 0. The van der Waals surface area contributed by atoms with Crippen LogP contribution < -0.4 is 14.2 Å². The van der Waals surface area contributed by atoms with Crippen LogP contribution in [0.2, 0.25) is 0 Å². The smallest absolute Gasteiger partial charge is 0.204 e. The van der Waals surface area contributed by atoms with Gasteiger partial charge < -0.3 is 14.2 Å². The molecule has 0 heterocycles. The van der Waals surface area contributed by atoms with Gasteiger partial charge in [0, 0.05) is 11.1 Å². The predicted octanol–water partition coefficient (Wildman–Crippen LogP) is 9.81. The van der Waals surface area contributed by atoms with Gasteiger partial charge in [0.2, 0.25) is 17.5 Å². The fourth-order valence-electron chi connectivity index (χ4n) is 5.04. The molecule has 0 aromatic heterocycles. The average Bonchev–Trinajstić information content (AvgIpc) is 2.99. The molecule has 1 atom stereocenters. The van der Waals surface area contributed by atoms with Crippen molar-refractivity contribution in [2.45, 2.75) is 71.3 Å². The second kappa shape index (κ2) is 14.5. The highest BCUT2D eigenvalue weighted by atomic mass is 19.2. The summed E-state index contributed by atoms with van der Waals surface area (Å²) < 4.78 is 104. The second-order valence-corrected chi connectivity index (χ2v) is 10.2. The molecule has 3 aromatic carbocycles. The van der Waals surface area contributed by atoms with Gasteiger partial charge in [0.05, 0.1) is 13.2 Å². The molecule has 1 unspecified atom stereocenters. The van der Waals surface area contributed by atoms with Crippen molar-refractivity contribution in [3.63, 3.8) is 0 Å². The standard InChI is InChI=1S/C33H34F6O3/c1-3-5-6-7-18-41-26-16-17-27(33(39)32(26)38)42-19-22-12-13-23(29(35)28(22)34)20-8-10-21(11-9-20)24-14-15-25(40-4-2)31(37)30(24)36/h8,12-17,21H,3-7,9-11,18-19H2,1-2H3. The Morgan fingerprint density at radius 1 is 0.667 bits per heavy atom. The normalized spacial score (nSPS) is 15.0. The summed E-state index contributed by atoms with van der Waals surface area (Å²) in [5.74, 6) is -7.92. The third-order valence-electron chi connectivity index (χ3n) is 7.39. The van der Waals surface area contributed by atoms with E-state index in [1.807, 2.05) is 0 Å². The molecule has 3 aromatic rings. The number of benzene rings is 3. The molecule has 226 valence electrons. The van der Waals surface area contributed by atoms with Crippen LogP contribution in [0.3, 0.4) is 0 Å². The van der Waals surface area contributed by atoms with Crippen molar-refractivity contribution in [3.8, 4) is 17.2 Å². The Morgan fingerprint density at radius 2 is 1.33 bits per heavy atom. The highest BCUT2D eigenvalue weighted by Crippen LogP contribution is 2.40. The highest BCUT2D eigenvalue weighted by molar-refractivity contribution is 5.67. The lowest BCUT2D eigenvalue weighted by Gasteiger charge is -2.24.